The summed E-state index contributed by atoms with van der Waals surface area (Å²) in [5.74, 6) is 1.46. The highest BCUT2D eigenvalue weighted by atomic mass is 16.6. The van der Waals surface area contributed by atoms with Crippen LogP contribution in [0.3, 0.4) is 0 Å². The van der Waals surface area contributed by atoms with Gasteiger partial charge in [0, 0.05) is 12.6 Å². The molecule has 1 aliphatic carbocycles. The van der Waals surface area contributed by atoms with E-state index in [9.17, 15) is 9.90 Å². The van der Waals surface area contributed by atoms with Crippen molar-refractivity contribution in [1.82, 2.24) is 25.3 Å². The number of benzene rings is 3. The number of phenols is 1. The summed E-state index contributed by atoms with van der Waals surface area (Å²) in [4.78, 5) is 14.1. The van der Waals surface area contributed by atoms with Crippen molar-refractivity contribution in [2.24, 2.45) is 0 Å². The van der Waals surface area contributed by atoms with Crippen LogP contribution < -0.4 is 4.74 Å². The molecule has 0 aliphatic heterocycles. The summed E-state index contributed by atoms with van der Waals surface area (Å²) in [7, 11) is 1.61. The largest absolute Gasteiger partial charge is 0.508 e. The van der Waals surface area contributed by atoms with Crippen molar-refractivity contribution >= 4 is 18.2 Å². The smallest absolute Gasteiger partial charge is 0.415 e. The lowest BCUT2D eigenvalue weighted by molar-refractivity contribution is 0.159. The molecule has 0 unspecified atom stereocenters. The standard InChI is InChI=1S/C28H25N5O3/c1-18-3-5-21(6-4-18)27-31-29-26(30-32-27)17-33(2)28(35)36-25-14-12-20-8-7-19-11-13-24(34)15-22(19)9-10-23(20)16-25/h3-8,11-16,34H,9-10,17H2,1-2H3/b8-7-. The van der Waals surface area contributed by atoms with Gasteiger partial charge in [0.25, 0.3) is 0 Å². The fourth-order valence-electron chi connectivity index (χ4n) is 4.03. The first-order valence-electron chi connectivity index (χ1n) is 11.6. The molecule has 0 saturated heterocycles. The number of rotatable bonds is 4. The fourth-order valence-corrected chi connectivity index (χ4v) is 4.03. The molecule has 0 fully saturated rings. The van der Waals surface area contributed by atoms with Crippen LogP contribution in [0.15, 0.2) is 60.7 Å². The molecule has 180 valence electrons. The van der Waals surface area contributed by atoms with E-state index < -0.39 is 6.09 Å². The Morgan fingerprint density at radius 2 is 1.53 bits per heavy atom. The molecule has 4 aromatic rings. The van der Waals surface area contributed by atoms with E-state index >= 15 is 0 Å². The number of hydrogen-bond acceptors (Lipinski definition) is 7. The summed E-state index contributed by atoms with van der Waals surface area (Å²) < 4.78 is 5.61. The molecule has 0 spiro atoms. The summed E-state index contributed by atoms with van der Waals surface area (Å²) in [6.07, 6.45) is 5.08. The molecular formula is C28H25N5O3. The van der Waals surface area contributed by atoms with Crippen LogP contribution in [0.5, 0.6) is 11.5 Å². The molecule has 5 rings (SSSR count). The van der Waals surface area contributed by atoms with Gasteiger partial charge < -0.3 is 14.7 Å². The molecule has 1 heterocycles. The molecule has 36 heavy (non-hydrogen) atoms. The lowest BCUT2D eigenvalue weighted by Crippen LogP contribution is -2.30. The predicted molar refractivity (Wildman–Crippen MR) is 136 cm³/mol. The number of phenolic OH excluding ortho intramolecular Hbond substituents is 1. The Morgan fingerprint density at radius 3 is 2.22 bits per heavy atom. The van der Waals surface area contributed by atoms with Crippen LogP contribution in [0.2, 0.25) is 0 Å². The number of amides is 1. The molecule has 8 nitrogen and oxygen atoms in total. The van der Waals surface area contributed by atoms with Gasteiger partial charge in [-0.15, -0.1) is 20.4 Å². The Labute approximate surface area is 208 Å². The summed E-state index contributed by atoms with van der Waals surface area (Å²) >= 11 is 0. The maximum absolute atomic E-state index is 12.7. The Morgan fingerprint density at radius 1 is 0.889 bits per heavy atom. The van der Waals surface area contributed by atoms with Crippen molar-refractivity contribution in [3.05, 3.63) is 94.3 Å². The number of hydrogen-bond donors (Lipinski definition) is 1. The van der Waals surface area contributed by atoms with Gasteiger partial charge in [0.15, 0.2) is 5.82 Å². The van der Waals surface area contributed by atoms with Crippen molar-refractivity contribution in [2.45, 2.75) is 26.3 Å². The molecular weight excluding hydrogens is 454 g/mol. The van der Waals surface area contributed by atoms with E-state index in [2.05, 4.69) is 20.4 Å². The van der Waals surface area contributed by atoms with Gasteiger partial charge in [-0.05, 0) is 66.3 Å². The van der Waals surface area contributed by atoms with Gasteiger partial charge in [-0.3, -0.25) is 0 Å². The van der Waals surface area contributed by atoms with Gasteiger partial charge >= 0.3 is 6.09 Å². The van der Waals surface area contributed by atoms with Crippen molar-refractivity contribution in [1.29, 1.82) is 0 Å². The normalized spacial score (nSPS) is 13.1. The molecule has 1 aromatic heterocycles. The Hall–Kier alpha value is -4.59. The lowest BCUT2D eigenvalue weighted by atomic mass is 9.93. The van der Waals surface area contributed by atoms with Crippen LogP contribution in [0.25, 0.3) is 23.5 Å². The molecule has 0 saturated carbocycles. The molecule has 1 amide bonds. The topological polar surface area (TPSA) is 101 Å². The third-order valence-corrected chi connectivity index (χ3v) is 6.07. The SMILES string of the molecule is Cc1ccc(-c2nnc(CN(C)C(=O)Oc3ccc4c(c3)CCc3cc(O)ccc3/C=C\4)nn2)cc1. The fraction of sp³-hybridized carbons (Fsp3) is 0.179. The first kappa shape index (κ1) is 23.2. The number of ether oxygens (including phenoxy) is 1. The zero-order valence-electron chi connectivity index (χ0n) is 20.0. The van der Waals surface area contributed by atoms with Crippen molar-refractivity contribution in [2.75, 3.05) is 7.05 Å². The van der Waals surface area contributed by atoms with Gasteiger partial charge in [0.1, 0.15) is 11.5 Å². The molecule has 3 aromatic carbocycles. The average Bonchev–Trinajstić information content (AvgIpc) is 2.87. The second-order valence-corrected chi connectivity index (χ2v) is 8.81. The monoisotopic (exact) mass is 479 g/mol. The van der Waals surface area contributed by atoms with Crippen LogP contribution in [-0.4, -0.2) is 43.5 Å². The van der Waals surface area contributed by atoms with Crippen molar-refractivity contribution in [3.8, 4) is 22.9 Å². The van der Waals surface area contributed by atoms with E-state index in [0.29, 0.717) is 17.4 Å². The van der Waals surface area contributed by atoms with E-state index in [1.807, 2.05) is 61.5 Å². The number of fused-ring (bicyclic) bond motifs is 2. The zero-order valence-corrected chi connectivity index (χ0v) is 20.0. The van der Waals surface area contributed by atoms with Crippen molar-refractivity contribution in [3.63, 3.8) is 0 Å². The van der Waals surface area contributed by atoms with E-state index in [0.717, 1.165) is 46.2 Å². The average molecular weight is 480 g/mol. The third kappa shape index (κ3) is 5.22. The number of aromatic nitrogens is 4. The van der Waals surface area contributed by atoms with Gasteiger partial charge in [-0.1, -0.05) is 54.1 Å². The number of carbonyl (C=O) groups excluding carboxylic acids is 1. The summed E-state index contributed by atoms with van der Waals surface area (Å²) in [6, 6.07) is 18.8. The van der Waals surface area contributed by atoms with Gasteiger partial charge in [0.05, 0.1) is 6.54 Å². The highest BCUT2D eigenvalue weighted by molar-refractivity contribution is 5.75. The van der Waals surface area contributed by atoms with Gasteiger partial charge in [-0.25, -0.2) is 4.79 Å². The van der Waals surface area contributed by atoms with Crippen LogP contribution >= 0.6 is 0 Å². The Kier molecular flexibility index (Phi) is 6.40. The summed E-state index contributed by atoms with van der Waals surface area (Å²) in [6.45, 7) is 2.12. The minimum absolute atomic E-state index is 0.112. The Balaban J connectivity index is 1.23. The van der Waals surface area contributed by atoms with Gasteiger partial charge in [0.2, 0.25) is 5.82 Å². The second kappa shape index (κ2) is 9.95. The number of nitrogens with zero attached hydrogens (tertiary/aromatic N) is 5. The quantitative estimate of drug-likeness (QED) is 0.447. The lowest BCUT2D eigenvalue weighted by Gasteiger charge is -2.17. The second-order valence-electron chi connectivity index (χ2n) is 8.81. The van der Waals surface area contributed by atoms with Gasteiger partial charge in [-0.2, -0.15) is 0 Å². The Bertz CT molecular complexity index is 1430. The van der Waals surface area contributed by atoms with E-state index in [1.165, 1.54) is 4.90 Å². The zero-order chi connectivity index (χ0) is 25.1. The predicted octanol–water partition coefficient (Wildman–Crippen LogP) is 4.85. The number of carbonyl (C=O) groups is 1. The summed E-state index contributed by atoms with van der Waals surface area (Å²) in [5, 5.41) is 26.3. The van der Waals surface area contributed by atoms with E-state index in [-0.39, 0.29) is 12.3 Å². The minimum atomic E-state index is -0.530. The minimum Gasteiger partial charge on any atom is -0.508 e. The molecule has 1 aliphatic rings. The van der Waals surface area contributed by atoms with E-state index in [4.69, 9.17) is 4.74 Å². The molecule has 1 N–H and O–H groups in total. The highest BCUT2D eigenvalue weighted by Gasteiger charge is 2.16. The maximum atomic E-state index is 12.7. The van der Waals surface area contributed by atoms with Crippen LogP contribution in [-0.2, 0) is 19.4 Å². The van der Waals surface area contributed by atoms with Crippen LogP contribution in [0.1, 0.15) is 33.6 Å². The maximum Gasteiger partial charge on any atom is 0.415 e. The molecule has 8 heteroatoms. The number of aromatic hydroxyl groups is 1. The van der Waals surface area contributed by atoms with Crippen LogP contribution in [0, 0.1) is 6.92 Å². The first-order chi connectivity index (χ1) is 17.4. The molecule has 0 atom stereocenters. The molecule has 0 bridgehead atoms. The highest BCUT2D eigenvalue weighted by Crippen LogP contribution is 2.27. The van der Waals surface area contributed by atoms with E-state index in [1.54, 1.807) is 25.2 Å². The molecule has 0 radical (unpaired) electrons. The first-order valence-corrected chi connectivity index (χ1v) is 11.6. The summed E-state index contributed by atoms with van der Waals surface area (Å²) in [5.41, 5.74) is 6.28. The van der Waals surface area contributed by atoms with Crippen LogP contribution in [0.4, 0.5) is 4.79 Å². The van der Waals surface area contributed by atoms with Crippen molar-refractivity contribution < 1.29 is 14.6 Å². The third-order valence-electron chi connectivity index (χ3n) is 6.07. The number of aryl methyl sites for hydroxylation is 3.